The average molecular weight is 424 g/mol. The van der Waals surface area contributed by atoms with Crippen molar-refractivity contribution in [1.82, 2.24) is 10.6 Å². The Morgan fingerprint density at radius 3 is 2.25 bits per heavy atom. The Morgan fingerprint density at radius 2 is 1.82 bits per heavy atom. The summed E-state index contributed by atoms with van der Waals surface area (Å²) in [6, 6.07) is 0.932. The third-order valence-electron chi connectivity index (χ3n) is 4.21. The van der Waals surface area contributed by atoms with Crippen LogP contribution in [0.15, 0.2) is 12.1 Å². The first-order chi connectivity index (χ1) is 13.0. The number of halogens is 3. The van der Waals surface area contributed by atoms with Crippen LogP contribution in [0.1, 0.15) is 18.5 Å². The first-order valence-electron chi connectivity index (χ1n) is 7.99. The summed E-state index contributed by atoms with van der Waals surface area (Å²) in [6.45, 7) is 1.21. The van der Waals surface area contributed by atoms with Crippen LogP contribution in [0.5, 0.6) is 17.2 Å². The molecule has 0 saturated carbocycles. The molecule has 0 aliphatic carbocycles. The lowest BCUT2D eigenvalue weighted by atomic mass is 9.82. The molecule has 3 atom stereocenters. The van der Waals surface area contributed by atoms with Gasteiger partial charge < -0.3 is 35.1 Å². The highest BCUT2D eigenvalue weighted by Crippen LogP contribution is 2.46. The summed E-state index contributed by atoms with van der Waals surface area (Å²) in [6.07, 6.45) is -5.26. The summed E-state index contributed by atoms with van der Waals surface area (Å²) < 4.78 is 55.9. The Bertz CT molecular complexity index is 750. The molecule has 0 amide bonds. The molecule has 0 aromatic heterocycles. The van der Waals surface area contributed by atoms with Crippen LogP contribution in [-0.4, -0.2) is 54.0 Å². The molecule has 0 bridgehead atoms. The molecular formula is C16H19F3N2O6S. The number of carbonyl (C=O) groups is 1. The number of aromatic hydroxyl groups is 1. The topological polar surface area (TPSA) is 109 Å². The first kappa shape index (κ1) is 21.8. The van der Waals surface area contributed by atoms with Crippen molar-refractivity contribution in [2.75, 3.05) is 20.8 Å². The summed E-state index contributed by atoms with van der Waals surface area (Å²) in [5.74, 6) is -4.08. The van der Waals surface area contributed by atoms with Crippen LogP contribution in [0.3, 0.4) is 0 Å². The molecule has 4 N–H and O–H groups in total. The van der Waals surface area contributed by atoms with E-state index < -0.39 is 34.9 Å². The number of thiocarbonyl (C=S) groups is 1. The monoisotopic (exact) mass is 424 g/mol. The van der Waals surface area contributed by atoms with E-state index in [1.807, 2.05) is 0 Å². The fourth-order valence-electron chi connectivity index (χ4n) is 2.91. The van der Waals surface area contributed by atoms with E-state index in [1.165, 1.54) is 33.3 Å². The van der Waals surface area contributed by atoms with Crippen LogP contribution in [0.4, 0.5) is 13.2 Å². The number of methoxy groups -OCH3 is 2. The van der Waals surface area contributed by atoms with Crippen molar-refractivity contribution < 1.29 is 42.4 Å². The van der Waals surface area contributed by atoms with Gasteiger partial charge in [-0.15, -0.1) is 0 Å². The van der Waals surface area contributed by atoms with E-state index in [-0.39, 0.29) is 29.4 Å². The third-order valence-corrected chi connectivity index (χ3v) is 4.43. The second kappa shape index (κ2) is 7.87. The van der Waals surface area contributed by atoms with Crippen LogP contribution in [0.25, 0.3) is 0 Å². The standard InChI is InChI=1S/C16H19F3N2O6S/c1-4-27-13(23)10-11(20-14(28)21-15(10,24)16(17,18)19)7-5-8(25-2)12(22)9(6-7)26-3/h5-6,10-11,22,24H,4H2,1-3H3,(H2,20,21,28)/t10-,11+,15-/m0/s1. The van der Waals surface area contributed by atoms with Crippen LogP contribution in [0, 0.1) is 5.92 Å². The Morgan fingerprint density at radius 1 is 1.29 bits per heavy atom. The van der Waals surface area contributed by atoms with Gasteiger partial charge >= 0.3 is 12.1 Å². The SMILES string of the molecule is CCOC(=O)[C@@H]1[C@@H](c2cc(OC)c(O)c(OC)c2)NC(=S)N[C@@]1(O)C(F)(F)F. The quantitative estimate of drug-likeness (QED) is 0.411. The minimum absolute atomic E-state index is 0.0380. The summed E-state index contributed by atoms with van der Waals surface area (Å²) in [5.41, 5.74) is -3.65. The van der Waals surface area contributed by atoms with Gasteiger partial charge in [-0.1, -0.05) is 0 Å². The van der Waals surface area contributed by atoms with E-state index >= 15 is 0 Å². The van der Waals surface area contributed by atoms with E-state index in [2.05, 4.69) is 5.32 Å². The number of ether oxygens (including phenoxy) is 3. The summed E-state index contributed by atoms with van der Waals surface area (Å²) >= 11 is 4.81. The van der Waals surface area contributed by atoms with E-state index in [1.54, 1.807) is 5.32 Å². The van der Waals surface area contributed by atoms with Crippen LogP contribution in [0.2, 0.25) is 0 Å². The average Bonchev–Trinajstić information content (AvgIpc) is 2.60. The van der Waals surface area contributed by atoms with Gasteiger partial charge in [0.15, 0.2) is 16.6 Å². The molecule has 28 heavy (non-hydrogen) atoms. The zero-order chi connectivity index (χ0) is 21.3. The lowest BCUT2D eigenvalue weighted by Crippen LogP contribution is -2.73. The molecule has 1 aromatic carbocycles. The maximum absolute atomic E-state index is 13.7. The molecular weight excluding hydrogens is 405 g/mol. The smallest absolute Gasteiger partial charge is 0.437 e. The number of hydrogen-bond acceptors (Lipinski definition) is 7. The second-order valence-corrected chi connectivity index (χ2v) is 6.25. The number of phenols is 1. The first-order valence-corrected chi connectivity index (χ1v) is 8.40. The van der Waals surface area contributed by atoms with Crippen molar-refractivity contribution in [3.05, 3.63) is 17.7 Å². The number of nitrogens with one attached hydrogen (secondary N) is 2. The van der Waals surface area contributed by atoms with Gasteiger partial charge in [-0.3, -0.25) is 4.79 Å². The number of aliphatic hydroxyl groups is 1. The van der Waals surface area contributed by atoms with Crippen molar-refractivity contribution in [3.63, 3.8) is 0 Å². The van der Waals surface area contributed by atoms with Gasteiger partial charge in [0, 0.05) is 0 Å². The molecule has 12 heteroatoms. The van der Waals surface area contributed by atoms with Crippen molar-refractivity contribution in [1.29, 1.82) is 0 Å². The van der Waals surface area contributed by atoms with Crippen molar-refractivity contribution in [3.8, 4) is 17.2 Å². The molecule has 1 fully saturated rings. The van der Waals surface area contributed by atoms with Gasteiger partial charge in [0.05, 0.1) is 26.9 Å². The van der Waals surface area contributed by atoms with Crippen molar-refractivity contribution in [2.45, 2.75) is 24.9 Å². The van der Waals surface area contributed by atoms with Crippen LogP contribution >= 0.6 is 12.2 Å². The minimum Gasteiger partial charge on any atom is -0.502 e. The summed E-state index contributed by atoms with van der Waals surface area (Å²) in [5, 5.41) is 24.2. The van der Waals surface area contributed by atoms with E-state index in [0.717, 1.165) is 0 Å². The zero-order valence-electron chi connectivity index (χ0n) is 15.1. The van der Waals surface area contributed by atoms with E-state index in [4.69, 9.17) is 26.4 Å². The zero-order valence-corrected chi connectivity index (χ0v) is 15.9. The molecule has 2 rings (SSSR count). The normalized spacial score (nSPS) is 24.8. The molecule has 0 unspecified atom stereocenters. The minimum atomic E-state index is -5.26. The number of alkyl halides is 3. The molecule has 1 aliphatic heterocycles. The highest BCUT2D eigenvalue weighted by molar-refractivity contribution is 7.80. The van der Waals surface area contributed by atoms with Gasteiger partial charge in [-0.05, 0) is 36.8 Å². The highest BCUT2D eigenvalue weighted by Gasteiger charge is 2.66. The van der Waals surface area contributed by atoms with Gasteiger partial charge in [-0.2, -0.15) is 13.2 Å². The maximum Gasteiger partial charge on any atom is 0.437 e. The number of carbonyl (C=O) groups excluding carboxylic acids is 1. The summed E-state index contributed by atoms with van der Waals surface area (Å²) in [7, 11) is 2.46. The van der Waals surface area contributed by atoms with Gasteiger partial charge in [0.2, 0.25) is 5.75 Å². The Balaban J connectivity index is 2.68. The molecule has 1 aliphatic rings. The van der Waals surface area contributed by atoms with Crippen molar-refractivity contribution >= 4 is 23.3 Å². The lowest BCUT2D eigenvalue weighted by molar-refractivity contribution is -0.292. The lowest BCUT2D eigenvalue weighted by Gasteiger charge is -2.45. The Kier molecular flexibility index (Phi) is 6.14. The van der Waals surface area contributed by atoms with E-state index in [0.29, 0.717) is 0 Å². The summed E-state index contributed by atoms with van der Waals surface area (Å²) in [4.78, 5) is 12.4. The number of benzene rings is 1. The third kappa shape index (κ3) is 3.74. The van der Waals surface area contributed by atoms with Crippen molar-refractivity contribution in [2.24, 2.45) is 5.92 Å². The number of hydrogen-bond donors (Lipinski definition) is 4. The van der Waals surface area contributed by atoms with Gasteiger partial charge in [-0.25, -0.2) is 0 Å². The van der Waals surface area contributed by atoms with Gasteiger partial charge in [0.1, 0.15) is 5.92 Å². The second-order valence-electron chi connectivity index (χ2n) is 5.84. The highest BCUT2D eigenvalue weighted by atomic mass is 32.1. The van der Waals surface area contributed by atoms with Gasteiger partial charge in [0.25, 0.3) is 5.72 Å². The predicted octanol–water partition coefficient (Wildman–Crippen LogP) is 1.36. The Labute approximate surface area is 163 Å². The molecule has 8 nitrogen and oxygen atoms in total. The molecule has 0 spiro atoms. The van der Waals surface area contributed by atoms with Crippen LogP contribution in [-0.2, 0) is 9.53 Å². The molecule has 1 aromatic rings. The molecule has 156 valence electrons. The number of rotatable bonds is 5. The number of phenolic OH excluding ortho intramolecular Hbond substituents is 1. The molecule has 1 heterocycles. The Hall–Kier alpha value is -2.47. The van der Waals surface area contributed by atoms with Crippen LogP contribution < -0.4 is 20.1 Å². The largest absolute Gasteiger partial charge is 0.502 e. The fraction of sp³-hybridized carbons (Fsp3) is 0.500. The maximum atomic E-state index is 13.7. The molecule has 0 radical (unpaired) electrons. The van der Waals surface area contributed by atoms with E-state index in [9.17, 15) is 28.2 Å². The number of esters is 1. The molecule has 1 saturated heterocycles. The fourth-order valence-corrected chi connectivity index (χ4v) is 3.19. The predicted molar refractivity (Wildman–Crippen MR) is 93.9 cm³/mol.